The standard InChI is InChI=1S/C12H15BrN2O4/c13-10-6-5-9(18-10)12(17)14-7-11(16)15-19-8-3-1-2-4-8/h5-6,8H,1-4,7H2,(H,14,17)(H,15,16). The van der Waals surface area contributed by atoms with E-state index in [2.05, 4.69) is 26.7 Å². The molecule has 0 saturated heterocycles. The van der Waals surface area contributed by atoms with Crippen molar-refractivity contribution < 1.29 is 18.8 Å². The largest absolute Gasteiger partial charge is 0.444 e. The fourth-order valence-corrected chi connectivity index (χ4v) is 2.18. The van der Waals surface area contributed by atoms with E-state index in [0.717, 1.165) is 25.7 Å². The SMILES string of the molecule is O=C(CNC(=O)c1ccc(Br)o1)NOC1CCCC1. The van der Waals surface area contributed by atoms with Crippen LogP contribution in [0.4, 0.5) is 0 Å². The molecule has 1 aliphatic carbocycles. The molecule has 0 aromatic carbocycles. The Morgan fingerprint density at radius 3 is 2.74 bits per heavy atom. The third-order valence-electron chi connectivity index (χ3n) is 2.85. The van der Waals surface area contributed by atoms with Gasteiger partial charge < -0.3 is 9.73 Å². The fourth-order valence-electron chi connectivity index (χ4n) is 1.88. The zero-order valence-corrected chi connectivity index (χ0v) is 11.9. The first-order valence-corrected chi connectivity index (χ1v) is 6.92. The lowest BCUT2D eigenvalue weighted by Crippen LogP contribution is -2.38. The molecule has 2 rings (SSSR count). The number of carbonyl (C=O) groups excluding carboxylic acids is 2. The Bertz CT molecular complexity index is 454. The molecule has 2 amide bonds. The third kappa shape index (κ3) is 4.36. The molecule has 0 atom stereocenters. The fraction of sp³-hybridized carbons (Fsp3) is 0.500. The molecule has 0 aliphatic heterocycles. The highest BCUT2D eigenvalue weighted by atomic mass is 79.9. The lowest BCUT2D eigenvalue weighted by Gasteiger charge is -2.11. The van der Waals surface area contributed by atoms with Crippen LogP contribution in [0.3, 0.4) is 0 Å². The van der Waals surface area contributed by atoms with Crippen LogP contribution in [0, 0.1) is 0 Å². The number of halogens is 1. The molecule has 0 spiro atoms. The van der Waals surface area contributed by atoms with Gasteiger partial charge in [0, 0.05) is 0 Å². The highest BCUT2D eigenvalue weighted by Gasteiger charge is 2.17. The maximum absolute atomic E-state index is 11.6. The van der Waals surface area contributed by atoms with Gasteiger partial charge in [-0.05, 0) is 40.9 Å². The van der Waals surface area contributed by atoms with Crippen LogP contribution in [-0.4, -0.2) is 24.5 Å². The molecule has 0 bridgehead atoms. The van der Waals surface area contributed by atoms with Gasteiger partial charge in [0.05, 0.1) is 12.6 Å². The minimum absolute atomic E-state index is 0.0979. The van der Waals surface area contributed by atoms with Crippen molar-refractivity contribution in [2.24, 2.45) is 0 Å². The Balaban J connectivity index is 1.66. The Kier molecular flexibility index (Phi) is 4.98. The maximum Gasteiger partial charge on any atom is 0.287 e. The number of rotatable bonds is 5. The lowest BCUT2D eigenvalue weighted by atomic mass is 10.3. The van der Waals surface area contributed by atoms with Crippen molar-refractivity contribution in [2.75, 3.05) is 6.54 Å². The molecule has 6 nitrogen and oxygen atoms in total. The van der Waals surface area contributed by atoms with Gasteiger partial charge in [0.1, 0.15) is 0 Å². The van der Waals surface area contributed by atoms with Gasteiger partial charge in [-0.15, -0.1) is 0 Å². The first-order chi connectivity index (χ1) is 9.15. The Morgan fingerprint density at radius 1 is 1.37 bits per heavy atom. The molecule has 104 valence electrons. The summed E-state index contributed by atoms with van der Waals surface area (Å²) in [6.45, 7) is -0.149. The van der Waals surface area contributed by atoms with Gasteiger partial charge in [0.25, 0.3) is 11.8 Å². The predicted molar refractivity (Wildman–Crippen MR) is 70.2 cm³/mol. The van der Waals surface area contributed by atoms with Crippen molar-refractivity contribution in [1.29, 1.82) is 0 Å². The van der Waals surface area contributed by atoms with Gasteiger partial charge in [0.2, 0.25) is 0 Å². The van der Waals surface area contributed by atoms with Gasteiger partial charge >= 0.3 is 0 Å². The molecule has 1 aromatic heterocycles. The number of hydroxylamine groups is 1. The normalized spacial score (nSPS) is 15.4. The second-order valence-electron chi connectivity index (χ2n) is 4.34. The summed E-state index contributed by atoms with van der Waals surface area (Å²) in [5.41, 5.74) is 2.34. The van der Waals surface area contributed by atoms with Gasteiger partial charge in [-0.25, -0.2) is 5.48 Å². The summed E-state index contributed by atoms with van der Waals surface area (Å²) in [6.07, 6.45) is 4.29. The van der Waals surface area contributed by atoms with Crippen LogP contribution in [0.2, 0.25) is 0 Å². The average Bonchev–Trinajstić information content (AvgIpc) is 3.04. The second kappa shape index (κ2) is 6.72. The number of amides is 2. The van der Waals surface area contributed by atoms with Crippen molar-refractivity contribution in [3.05, 3.63) is 22.6 Å². The molecular formula is C12H15BrN2O4. The molecule has 0 radical (unpaired) electrons. The van der Waals surface area contributed by atoms with Crippen LogP contribution in [0.25, 0.3) is 0 Å². The van der Waals surface area contributed by atoms with Crippen molar-refractivity contribution in [1.82, 2.24) is 10.8 Å². The van der Waals surface area contributed by atoms with E-state index in [1.807, 2.05) is 0 Å². The molecule has 0 unspecified atom stereocenters. The molecule has 2 N–H and O–H groups in total. The molecule has 1 aromatic rings. The number of nitrogens with one attached hydrogen (secondary N) is 2. The second-order valence-corrected chi connectivity index (χ2v) is 5.12. The average molecular weight is 331 g/mol. The van der Waals surface area contributed by atoms with Crippen LogP contribution in [0.15, 0.2) is 21.2 Å². The summed E-state index contributed by atoms with van der Waals surface area (Å²) >= 11 is 3.10. The first kappa shape index (κ1) is 14.1. The van der Waals surface area contributed by atoms with Crippen LogP contribution < -0.4 is 10.8 Å². The van der Waals surface area contributed by atoms with E-state index in [-0.39, 0.29) is 24.3 Å². The summed E-state index contributed by atoms with van der Waals surface area (Å²) in [6, 6.07) is 3.13. The van der Waals surface area contributed by atoms with Crippen molar-refractivity contribution in [3.63, 3.8) is 0 Å². The maximum atomic E-state index is 11.6. The Labute approximate surface area is 118 Å². The van der Waals surface area contributed by atoms with Gasteiger partial charge in [0.15, 0.2) is 10.4 Å². The van der Waals surface area contributed by atoms with E-state index in [1.54, 1.807) is 6.07 Å². The van der Waals surface area contributed by atoms with E-state index < -0.39 is 5.91 Å². The van der Waals surface area contributed by atoms with E-state index in [9.17, 15) is 9.59 Å². The topological polar surface area (TPSA) is 80.6 Å². The van der Waals surface area contributed by atoms with Crippen molar-refractivity contribution in [2.45, 2.75) is 31.8 Å². The minimum atomic E-state index is -0.443. The monoisotopic (exact) mass is 330 g/mol. The molecule has 1 fully saturated rings. The summed E-state index contributed by atoms with van der Waals surface area (Å²) in [5, 5.41) is 2.44. The summed E-state index contributed by atoms with van der Waals surface area (Å²) < 4.78 is 5.53. The van der Waals surface area contributed by atoms with Gasteiger partial charge in [-0.2, -0.15) is 0 Å². The third-order valence-corrected chi connectivity index (χ3v) is 3.27. The first-order valence-electron chi connectivity index (χ1n) is 6.13. The highest BCUT2D eigenvalue weighted by molar-refractivity contribution is 9.10. The molecule has 1 aliphatic rings. The Hall–Kier alpha value is -1.34. The zero-order chi connectivity index (χ0) is 13.7. The molecule has 1 heterocycles. The van der Waals surface area contributed by atoms with Crippen LogP contribution in [0.5, 0.6) is 0 Å². The predicted octanol–water partition coefficient (Wildman–Crippen LogP) is 1.76. The number of hydrogen-bond donors (Lipinski definition) is 2. The van der Waals surface area contributed by atoms with Crippen molar-refractivity contribution in [3.8, 4) is 0 Å². The van der Waals surface area contributed by atoms with Gasteiger partial charge in [-0.1, -0.05) is 12.8 Å². The Morgan fingerprint density at radius 2 is 2.11 bits per heavy atom. The van der Waals surface area contributed by atoms with E-state index in [4.69, 9.17) is 9.25 Å². The zero-order valence-electron chi connectivity index (χ0n) is 10.3. The summed E-state index contributed by atoms with van der Waals surface area (Å²) in [4.78, 5) is 28.3. The molecule has 1 saturated carbocycles. The number of hydrogen-bond acceptors (Lipinski definition) is 4. The van der Waals surface area contributed by atoms with Crippen LogP contribution >= 0.6 is 15.9 Å². The van der Waals surface area contributed by atoms with E-state index >= 15 is 0 Å². The smallest absolute Gasteiger partial charge is 0.287 e. The molecule has 19 heavy (non-hydrogen) atoms. The highest BCUT2D eigenvalue weighted by Crippen LogP contribution is 2.19. The van der Waals surface area contributed by atoms with E-state index in [1.165, 1.54) is 6.07 Å². The summed E-state index contributed by atoms with van der Waals surface area (Å²) in [5.74, 6) is -0.677. The van der Waals surface area contributed by atoms with Crippen LogP contribution in [-0.2, 0) is 9.63 Å². The summed E-state index contributed by atoms with van der Waals surface area (Å²) in [7, 11) is 0. The van der Waals surface area contributed by atoms with Crippen LogP contribution in [0.1, 0.15) is 36.2 Å². The molecular weight excluding hydrogens is 316 g/mol. The number of carbonyl (C=O) groups is 2. The number of furan rings is 1. The van der Waals surface area contributed by atoms with Crippen molar-refractivity contribution >= 4 is 27.7 Å². The lowest BCUT2D eigenvalue weighted by molar-refractivity contribution is -0.137. The quantitative estimate of drug-likeness (QED) is 0.806. The van der Waals surface area contributed by atoms with Gasteiger partial charge in [-0.3, -0.25) is 14.4 Å². The molecule has 7 heteroatoms. The van der Waals surface area contributed by atoms with E-state index in [0.29, 0.717) is 4.67 Å². The minimum Gasteiger partial charge on any atom is -0.444 e.